The van der Waals surface area contributed by atoms with Gasteiger partial charge in [-0.25, -0.2) is 9.97 Å². The number of carbonyl (C=O) groups excluding carboxylic acids is 1. The average molecular weight is 328 g/mol. The van der Waals surface area contributed by atoms with Gasteiger partial charge in [0.05, 0.1) is 12.4 Å². The Morgan fingerprint density at radius 1 is 1.04 bits per heavy atom. The van der Waals surface area contributed by atoms with Gasteiger partial charge in [-0.2, -0.15) is 0 Å². The van der Waals surface area contributed by atoms with Crippen LogP contribution < -0.4 is 15.5 Å². The summed E-state index contributed by atoms with van der Waals surface area (Å²) in [6, 6.07) is 7.60. The molecule has 2 aromatic rings. The van der Waals surface area contributed by atoms with Gasteiger partial charge in [0, 0.05) is 38.6 Å². The Kier molecular flexibility index (Phi) is 6.08. The zero-order valence-corrected chi connectivity index (χ0v) is 14.6. The molecule has 1 aromatic carbocycles. The minimum absolute atomic E-state index is 0.278. The number of nitrogens with one attached hydrogen (secondary N) is 2. The Bertz CT molecular complexity index is 652. The van der Waals surface area contributed by atoms with Crippen LogP contribution in [-0.4, -0.2) is 62.1 Å². The molecule has 0 aliphatic rings. The molecule has 7 nitrogen and oxygen atoms in total. The molecule has 1 amide bonds. The summed E-state index contributed by atoms with van der Waals surface area (Å²) in [6.45, 7) is 1.66. The third kappa shape index (κ3) is 5.20. The molecule has 128 valence electrons. The van der Waals surface area contributed by atoms with Gasteiger partial charge in [0.25, 0.3) is 5.91 Å². The van der Waals surface area contributed by atoms with Crippen molar-refractivity contribution in [2.75, 3.05) is 56.8 Å². The Morgan fingerprint density at radius 3 is 2.29 bits per heavy atom. The topological polar surface area (TPSA) is 73.4 Å². The number of hydrogen-bond donors (Lipinski definition) is 2. The maximum absolute atomic E-state index is 12.2. The zero-order chi connectivity index (χ0) is 17.5. The van der Waals surface area contributed by atoms with Gasteiger partial charge in [0.1, 0.15) is 11.5 Å². The van der Waals surface area contributed by atoms with Crippen molar-refractivity contribution in [3.05, 3.63) is 42.4 Å². The molecule has 2 N–H and O–H groups in total. The van der Waals surface area contributed by atoms with E-state index in [4.69, 9.17) is 0 Å². The molecule has 0 radical (unpaired) electrons. The van der Waals surface area contributed by atoms with E-state index in [0.717, 1.165) is 24.5 Å². The third-order valence-electron chi connectivity index (χ3n) is 3.39. The Balaban J connectivity index is 1.92. The van der Waals surface area contributed by atoms with Crippen LogP contribution in [0.25, 0.3) is 0 Å². The highest BCUT2D eigenvalue weighted by molar-refractivity contribution is 6.02. The molecule has 0 saturated carbocycles. The van der Waals surface area contributed by atoms with Crippen LogP contribution in [0.15, 0.2) is 36.7 Å². The van der Waals surface area contributed by atoms with Crippen LogP contribution in [-0.2, 0) is 0 Å². The standard InChI is InChI=1S/C17H24N6O/c1-22(2)10-9-18-16-12-19-15(11-20-16)17(24)21-13-5-7-14(8-6-13)23(3)4/h5-8,11-12H,9-10H2,1-4H3,(H,18,20)(H,21,24). The van der Waals surface area contributed by atoms with Crippen molar-refractivity contribution in [2.45, 2.75) is 0 Å². The molecule has 0 aliphatic heterocycles. The molecule has 0 atom stereocenters. The van der Waals surface area contributed by atoms with Gasteiger partial charge in [-0.05, 0) is 38.4 Å². The summed E-state index contributed by atoms with van der Waals surface area (Å²) in [6.07, 6.45) is 3.04. The molecule has 1 aromatic heterocycles. The molecule has 0 unspecified atom stereocenters. The van der Waals surface area contributed by atoms with E-state index in [1.807, 2.05) is 57.4 Å². The fourth-order valence-electron chi connectivity index (χ4n) is 1.98. The van der Waals surface area contributed by atoms with Gasteiger partial charge in [0.15, 0.2) is 0 Å². The number of amides is 1. The first-order valence-corrected chi connectivity index (χ1v) is 7.75. The predicted octanol–water partition coefficient (Wildman–Crippen LogP) is 1.77. The lowest BCUT2D eigenvalue weighted by Gasteiger charge is -2.13. The Labute approximate surface area is 142 Å². The maximum atomic E-state index is 12.2. The highest BCUT2D eigenvalue weighted by atomic mass is 16.1. The van der Waals surface area contributed by atoms with E-state index in [0.29, 0.717) is 5.82 Å². The van der Waals surface area contributed by atoms with Gasteiger partial charge in [-0.15, -0.1) is 0 Å². The van der Waals surface area contributed by atoms with Crippen LogP contribution in [0.1, 0.15) is 10.5 Å². The molecular formula is C17H24N6O. The fourth-order valence-corrected chi connectivity index (χ4v) is 1.98. The lowest BCUT2D eigenvalue weighted by atomic mass is 10.2. The van der Waals surface area contributed by atoms with Crippen molar-refractivity contribution in [1.82, 2.24) is 14.9 Å². The first kappa shape index (κ1) is 17.7. The molecular weight excluding hydrogens is 304 g/mol. The zero-order valence-electron chi connectivity index (χ0n) is 14.6. The minimum atomic E-state index is -0.278. The summed E-state index contributed by atoms with van der Waals surface area (Å²) in [5, 5.41) is 5.97. The van der Waals surface area contributed by atoms with Crippen molar-refractivity contribution in [2.24, 2.45) is 0 Å². The predicted molar refractivity (Wildman–Crippen MR) is 97.8 cm³/mol. The molecule has 0 bridgehead atoms. The van der Waals surface area contributed by atoms with E-state index in [2.05, 4.69) is 25.5 Å². The average Bonchev–Trinajstić information content (AvgIpc) is 2.55. The largest absolute Gasteiger partial charge is 0.378 e. The maximum Gasteiger partial charge on any atom is 0.275 e. The van der Waals surface area contributed by atoms with Crippen LogP contribution in [0.4, 0.5) is 17.2 Å². The highest BCUT2D eigenvalue weighted by Crippen LogP contribution is 2.16. The van der Waals surface area contributed by atoms with Gasteiger partial charge >= 0.3 is 0 Å². The van der Waals surface area contributed by atoms with Crippen LogP contribution in [0.2, 0.25) is 0 Å². The number of nitrogens with zero attached hydrogens (tertiary/aromatic N) is 4. The summed E-state index contributed by atoms with van der Waals surface area (Å²) >= 11 is 0. The minimum Gasteiger partial charge on any atom is -0.378 e. The number of hydrogen-bond acceptors (Lipinski definition) is 6. The lowest BCUT2D eigenvalue weighted by molar-refractivity contribution is 0.102. The van der Waals surface area contributed by atoms with E-state index >= 15 is 0 Å². The van der Waals surface area contributed by atoms with Crippen molar-refractivity contribution in [3.63, 3.8) is 0 Å². The second kappa shape index (κ2) is 8.26. The Hall–Kier alpha value is -2.67. The van der Waals surface area contributed by atoms with E-state index in [9.17, 15) is 4.79 Å². The smallest absolute Gasteiger partial charge is 0.275 e. The molecule has 24 heavy (non-hydrogen) atoms. The molecule has 0 aliphatic carbocycles. The second-order valence-electron chi connectivity index (χ2n) is 5.91. The van der Waals surface area contributed by atoms with E-state index in [-0.39, 0.29) is 11.6 Å². The molecule has 7 heteroatoms. The lowest BCUT2D eigenvalue weighted by Crippen LogP contribution is -2.21. The molecule has 2 rings (SSSR count). The first-order valence-electron chi connectivity index (χ1n) is 7.75. The summed E-state index contributed by atoms with van der Waals surface area (Å²) in [5.41, 5.74) is 2.08. The van der Waals surface area contributed by atoms with Crippen molar-refractivity contribution < 1.29 is 4.79 Å². The number of likely N-dealkylation sites (N-methyl/N-ethyl adjacent to an activating group) is 1. The third-order valence-corrected chi connectivity index (χ3v) is 3.39. The summed E-state index contributed by atoms with van der Waals surface area (Å²) in [7, 11) is 7.95. The second-order valence-corrected chi connectivity index (χ2v) is 5.91. The van der Waals surface area contributed by atoms with E-state index in [1.54, 1.807) is 6.20 Å². The summed E-state index contributed by atoms with van der Waals surface area (Å²) in [5.74, 6) is 0.378. The van der Waals surface area contributed by atoms with Crippen LogP contribution >= 0.6 is 0 Å². The SMILES string of the molecule is CN(C)CCNc1cnc(C(=O)Nc2ccc(N(C)C)cc2)cn1. The normalized spacial score (nSPS) is 10.5. The molecule has 1 heterocycles. The van der Waals surface area contributed by atoms with Crippen molar-refractivity contribution in [1.29, 1.82) is 0 Å². The molecule has 0 spiro atoms. The fraction of sp³-hybridized carbons (Fsp3) is 0.353. The number of rotatable bonds is 7. The van der Waals surface area contributed by atoms with E-state index < -0.39 is 0 Å². The van der Waals surface area contributed by atoms with Gasteiger partial charge in [-0.3, -0.25) is 4.79 Å². The molecule has 0 saturated heterocycles. The van der Waals surface area contributed by atoms with Crippen molar-refractivity contribution >= 4 is 23.1 Å². The quantitative estimate of drug-likeness (QED) is 0.807. The van der Waals surface area contributed by atoms with Crippen LogP contribution in [0.5, 0.6) is 0 Å². The summed E-state index contributed by atoms with van der Waals surface area (Å²) < 4.78 is 0. The highest BCUT2D eigenvalue weighted by Gasteiger charge is 2.08. The van der Waals surface area contributed by atoms with Gasteiger partial charge in [0.2, 0.25) is 0 Å². The number of anilines is 3. The van der Waals surface area contributed by atoms with Crippen LogP contribution in [0.3, 0.4) is 0 Å². The number of aromatic nitrogens is 2. The van der Waals surface area contributed by atoms with Crippen molar-refractivity contribution in [3.8, 4) is 0 Å². The van der Waals surface area contributed by atoms with Gasteiger partial charge < -0.3 is 20.4 Å². The monoisotopic (exact) mass is 328 g/mol. The van der Waals surface area contributed by atoms with Crippen LogP contribution in [0, 0.1) is 0 Å². The van der Waals surface area contributed by atoms with Gasteiger partial charge in [-0.1, -0.05) is 0 Å². The summed E-state index contributed by atoms with van der Waals surface area (Å²) in [4.78, 5) is 24.6. The molecule has 0 fully saturated rings. The number of carbonyl (C=O) groups is 1. The Morgan fingerprint density at radius 2 is 1.75 bits per heavy atom. The first-order chi connectivity index (χ1) is 11.5. The van der Waals surface area contributed by atoms with E-state index in [1.165, 1.54) is 6.20 Å². The number of benzene rings is 1.